The van der Waals surface area contributed by atoms with Gasteiger partial charge in [0, 0.05) is 30.4 Å². The highest BCUT2D eigenvalue weighted by Gasteiger charge is 2.51. The molecule has 0 bridgehead atoms. The molecule has 1 spiro atoms. The fourth-order valence-electron chi connectivity index (χ4n) is 4.26. The molecule has 1 aromatic rings. The zero-order valence-corrected chi connectivity index (χ0v) is 17.0. The minimum absolute atomic E-state index is 0.138. The van der Waals surface area contributed by atoms with Crippen LogP contribution >= 0.6 is 0 Å². The predicted octanol–water partition coefficient (Wildman–Crippen LogP) is 2.50. The average molecular weight is 369 g/mol. The SMILES string of the molecule is C#CCNC(C)c1cccc(N2CNC(=O)C23CCN(C(C)(C)C)CC3)c1. The van der Waals surface area contributed by atoms with Crippen LogP contribution in [0.1, 0.15) is 52.1 Å². The lowest BCUT2D eigenvalue weighted by Gasteiger charge is -2.47. The maximum absolute atomic E-state index is 12.8. The number of carbonyl (C=O) groups excluding carboxylic acids is 1. The van der Waals surface area contributed by atoms with Crippen LogP contribution in [0.15, 0.2) is 24.3 Å². The monoisotopic (exact) mass is 368 g/mol. The minimum atomic E-state index is -0.435. The van der Waals surface area contributed by atoms with Gasteiger partial charge in [0.05, 0.1) is 13.2 Å². The number of hydrogen-bond acceptors (Lipinski definition) is 4. The molecule has 1 unspecified atom stereocenters. The molecule has 0 aromatic heterocycles. The molecule has 27 heavy (non-hydrogen) atoms. The first kappa shape index (κ1) is 19.7. The number of carbonyl (C=O) groups is 1. The summed E-state index contributed by atoms with van der Waals surface area (Å²) in [5.41, 5.74) is 1.99. The van der Waals surface area contributed by atoms with E-state index in [9.17, 15) is 4.79 Å². The van der Waals surface area contributed by atoms with Gasteiger partial charge in [0.25, 0.3) is 0 Å². The normalized spacial score (nSPS) is 21.1. The molecule has 2 N–H and O–H groups in total. The zero-order valence-electron chi connectivity index (χ0n) is 17.0. The molecule has 5 nitrogen and oxygen atoms in total. The van der Waals surface area contributed by atoms with Crippen LogP contribution in [-0.4, -0.2) is 48.2 Å². The van der Waals surface area contributed by atoms with Crippen LogP contribution in [0.4, 0.5) is 5.69 Å². The number of nitrogens with one attached hydrogen (secondary N) is 2. The number of rotatable bonds is 4. The molecule has 0 saturated carbocycles. The Kier molecular flexibility index (Phi) is 5.50. The van der Waals surface area contributed by atoms with Gasteiger partial charge in [-0.1, -0.05) is 18.1 Å². The maximum atomic E-state index is 12.8. The second-order valence-electron chi connectivity index (χ2n) is 8.68. The summed E-state index contributed by atoms with van der Waals surface area (Å²) in [7, 11) is 0. The molecule has 1 atom stereocenters. The Morgan fingerprint density at radius 2 is 2.04 bits per heavy atom. The first-order chi connectivity index (χ1) is 12.8. The first-order valence-corrected chi connectivity index (χ1v) is 9.86. The van der Waals surface area contributed by atoms with Gasteiger partial charge in [-0.25, -0.2) is 0 Å². The highest BCUT2D eigenvalue weighted by Crippen LogP contribution is 2.38. The van der Waals surface area contributed by atoms with Gasteiger partial charge in [-0.05, 0) is 58.2 Å². The Morgan fingerprint density at radius 1 is 1.33 bits per heavy atom. The highest BCUT2D eigenvalue weighted by molar-refractivity contribution is 5.93. The summed E-state index contributed by atoms with van der Waals surface area (Å²) in [6.07, 6.45) is 7.07. The van der Waals surface area contributed by atoms with Crippen LogP contribution in [0.25, 0.3) is 0 Å². The van der Waals surface area contributed by atoms with Gasteiger partial charge in [-0.2, -0.15) is 0 Å². The van der Waals surface area contributed by atoms with Crippen molar-refractivity contribution in [2.24, 2.45) is 0 Å². The standard InChI is InChI=1S/C22H32N4O/c1-6-12-23-17(2)18-8-7-9-19(15-18)26-16-24-20(27)22(26)10-13-25(14-11-22)21(3,4)5/h1,7-9,15,17,23H,10-14,16H2,2-5H3,(H,24,27). The minimum Gasteiger partial charge on any atom is -0.339 e. The first-order valence-electron chi connectivity index (χ1n) is 9.86. The molecule has 1 amide bonds. The van der Waals surface area contributed by atoms with Crippen LogP contribution in [0.2, 0.25) is 0 Å². The second kappa shape index (κ2) is 7.53. The number of likely N-dealkylation sites (tertiary alicyclic amines) is 1. The van der Waals surface area contributed by atoms with Crippen molar-refractivity contribution < 1.29 is 4.79 Å². The zero-order chi connectivity index (χ0) is 19.7. The smallest absolute Gasteiger partial charge is 0.247 e. The number of hydrogen-bond donors (Lipinski definition) is 2. The number of amides is 1. The number of benzene rings is 1. The van der Waals surface area contributed by atoms with Crippen molar-refractivity contribution >= 4 is 11.6 Å². The summed E-state index contributed by atoms with van der Waals surface area (Å²) in [5, 5.41) is 6.42. The summed E-state index contributed by atoms with van der Waals surface area (Å²) >= 11 is 0. The Balaban J connectivity index is 1.82. The number of anilines is 1. The van der Waals surface area contributed by atoms with Crippen molar-refractivity contribution in [2.75, 3.05) is 31.2 Å². The summed E-state index contributed by atoms with van der Waals surface area (Å²) in [4.78, 5) is 17.6. The lowest BCUT2D eigenvalue weighted by Crippen LogP contribution is -2.59. The summed E-state index contributed by atoms with van der Waals surface area (Å²) < 4.78 is 0. The van der Waals surface area contributed by atoms with Crippen LogP contribution in [-0.2, 0) is 4.79 Å². The van der Waals surface area contributed by atoms with Crippen LogP contribution in [0.5, 0.6) is 0 Å². The van der Waals surface area contributed by atoms with Crippen molar-refractivity contribution in [3.63, 3.8) is 0 Å². The van der Waals surface area contributed by atoms with Gasteiger partial charge in [-0.15, -0.1) is 6.42 Å². The van der Waals surface area contributed by atoms with Crippen molar-refractivity contribution in [3.05, 3.63) is 29.8 Å². The van der Waals surface area contributed by atoms with Crippen molar-refractivity contribution in [3.8, 4) is 12.3 Å². The molecule has 1 aromatic carbocycles. The molecule has 146 valence electrons. The van der Waals surface area contributed by atoms with E-state index in [0.717, 1.165) is 31.6 Å². The third kappa shape index (κ3) is 3.83. The van der Waals surface area contributed by atoms with Gasteiger partial charge < -0.3 is 10.2 Å². The van der Waals surface area contributed by atoms with E-state index in [1.54, 1.807) is 0 Å². The van der Waals surface area contributed by atoms with Crippen molar-refractivity contribution in [1.82, 2.24) is 15.5 Å². The highest BCUT2D eigenvalue weighted by atomic mass is 16.2. The maximum Gasteiger partial charge on any atom is 0.247 e. The molecule has 3 rings (SSSR count). The van der Waals surface area contributed by atoms with Crippen LogP contribution in [0, 0.1) is 12.3 Å². The summed E-state index contributed by atoms with van der Waals surface area (Å²) in [5.74, 6) is 2.79. The molecule has 0 aliphatic carbocycles. The molecule has 2 aliphatic heterocycles. The van der Waals surface area contributed by atoms with E-state index >= 15 is 0 Å². The predicted molar refractivity (Wildman–Crippen MR) is 110 cm³/mol. The fourth-order valence-corrected chi connectivity index (χ4v) is 4.26. The quantitative estimate of drug-likeness (QED) is 0.802. The van der Waals surface area contributed by atoms with Gasteiger partial charge in [0.2, 0.25) is 5.91 Å². The van der Waals surface area contributed by atoms with Crippen molar-refractivity contribution in [2.45, 2.75) is 57.7 Å². The van der Waals surface area contributed by atoms with Gasteiger partial charge in [-0.3, -0.25) is 15.0 Å². The number of piperidine rings is 1. The van der Waals surface area contributed by atoms with Crippen LogP contribution < -0.4 is 15.5 Å². The average Bonchev–Trinajstić information content (AvgIpc) is 2.95. The Morgan fingerprint density at radius 3 is 2.67 bits per heavy atom. The van der Waals surface area contributed by atoms with E-state index in [1.165, 1.54) is 5.56 Å². The lowest BCUT2D eigenvalue weighted by atomic mass is 9.84. The third-order valence-electron chi connectivity index (χ3n) is 6.07. The lowest BCUT2D eigenvalue weighted by molar-refractivity contribution is -0.125. The number of terminal acetylenes is 1. The Hall–Kier alpha value is -2.03. The van der Waals surface area contributed by atoms with E-state index in [-0.39, 0.29) is 17.5 Å². The molecule has 5 heteroatoms. The van der Waals surface area contributed by atoms with E-state index < -0.39 is 5.54 Å². The van der Waals surface area contributed by atoms with E-state index in [1.807, 2.05) is 0 Å². The largest absolute Gasteiger partial charge is 0.339 e. The molecule has 2 heterocycles. The third-order valence-corrected chi connectivity index (χ3v) is 6.07. The van der Waals surface area contributed by atoms with Gasteiger partial charge >= 0.3 is 0 Å². The van der Waals surface area contributed by atoms with E-state index in [0.29, 0.717) is 13.2 Å². The molecule has 2 aliphatic rings. The number of nitrogens with zero attached hydrogens (tertiary/aromatic N) is 2. The summed E-state index contributed by atoms with van der Waals surface area (Å²) in [6.45, 7) is 11.8. The van der Waals surface area contributed by atoms with E-state index in [4.69, 9.17) is 6.42 Å². The van der Waals surface area contributed by atoms with E-state index in [2.05, 4.69) is 78.3 Å². The molecule has 0 radical (unpaired) electrons. The second-order valence-corrected chi connectivity index (χ2v) is 8.68. The fraction of sp³-hybridized carbons (Fsp3) is 0.591. The van der Waals surface area contributed by atoms with Gasteiger partial charge in [0.1, 0.15) is 5.54 Å². The van der Waals surface area contributed by atoms with Crippen LogP contribution in [0.3, 0.4) is 0 Å². The Bertz CT molecular complexity index is 723. The topological polar surface area (TPSA) is 47.6 Å². The Labute approximate surface area is 163 Å². The molecular formula is C22H32N4O. The summed E-state index contributed by atoms with van der Waals surface area (Å²) in [6, 6.07) is 8.64. The molecular weight excluding hydrogens is 336 g/mol. The van der Waals surface area contributed by atoms with Gasteiger partial charge in [0.15, 0.2) is 0 Å². The van der Waals surface area contributed by atoms with Crippen molar-refractivity contribution in [1.29, 1.82) is 0 Å². The molecule has 2 fully saturated rings. The molecule has 2 saturated heterocycles.